The first-order valence-electron chi connectivity index (χ1n) is 9.02. The second-order valence-electron chi connectivity index (χ2n) is 6.61. The lowest BCUT2D eigenvalue weighted by atomic mass is 10.0. The molecule has 1 heterocycles. The molecule has 0 aliphatic heterocycles. The van der Waals surface area contributed by atoms with Crippen LogP contribution in [0.3, 0.4) is 0 Å². The van der Waals surface area contributed by atoms with E-state index in [9.17, 15) is 9.59 Å². The predicted octanol–water partition coefficient (Wildman–Crippen LogP) is 6.18. The minimum absolute atomic E-state index is 0.219. The van der Waals surface area contributed by atoms with Crippen molar-refractivity contribution in [2.45, 2.75) is 0 Å². The first-order chi connectivity index (χ1) is 14.5. The third kappa shape index (κ3) is 3.90. The topological polar surface area (TPSA) is 71.2 Å². The molecule has 1 aromatic heterocycles. The Morgan fingerprint density at radius 2 is 1.67 bits per heavy atom. The lowest BCUT2D eigenvalue weighted by Crippen LogP contribution is -2.16. The summed E-state index contributed by atoms with van der Waals surface area (Å²) in [6, 6.07) is 17.7. The van der Waals surface area contributed by atoms with Gasteiger partial charge in [0.05, 0.1) is 28.9 Å². The molecule has 0 unspecified atom stereocenters. The fraction of sp³-hybridized carbons (Fsp3) is 0.0435. The van der Waals surface area contributed by atoms with Crippen molar-refractivity contribution in [2.75, 3.05) is 12.4 Å². The summed E-state index contributed by atoms with van der Waals surface area (Å²) in [4.78, 5) is 28.2. The van der Waals surface area contributed by atoms with Gasteiger partial charge in [0.2, 0.25) is 0 Å². The van der Waals surface area contributed by atoms with Crippen molar-refractivity contribution >= 4 is 51.7 Å². The van der Waals surface area contributed by atoms with Crippen molar-refractivity contribution in [3.8, 4) is 11.1 Å². The number of hydrogen-bond acceptors (Lipinski definition) is 3. The monoisotopic (exact) mass is 438 g/mol. The quantitative estimate of drug-likeness (QED) is 0.373. The van der Waals surface area contributed by atoms with Gasteiger partial charge < -0.3 is 15.0 Å². The molecule has 30 heavy (non-hydrogen) atoms. The molecule has 0 aliphatic rings. The number of ether oxygens (including phenoxy) is 1. The van der Waals surface area contributed by atoms with Crippen LogP contribution in [-0.2, 0) is 4.74 Å². The van der Waals surface area contributed by atoms with Crippen LogP contribution in [0.1, 0.15) is 20.7 Å². The Balaban J connectivity index is 1.71. The fourth-order valence-corrected chi connectivity index (χ4v) is 3.70. The van der Waals surface area contributed by atoms with Gasteiger partial charge >= 0.3 is 5.97 Å². The summed E-state index contributed by atoms with van der Waals surface area (Å²) in [5, 5.41) is 4.44. The minimum atomic E-state index is -0.558. The minimum Gasteiger partial charge on any atom is -0.465 e. The van der Waals surface area contributed by atoms with Crippen LogP contribution in [0.4, 0.5) is 5.69 Å². The number of esters is 1. The second-order valence-corrected chi connectivity index (χ2v) is 7.45. The zero-order chi connectivity index (χ0) is 21.3. The number of carbonyl (C=O) groups excluding carboxylic acids is 2. The van der Waals surface area contributed by atoms with Crippen LogP contribution >= 0.6 is 23.2 Å². The molecule has 0 radical (unpaired) electrons. The fourth-order valence-electron chi connectivity index (χ4n) is 3.21. The molecule has 0 saturated heterocycles. The van der Waals surface area contributed by atoms with Crippen LogP contribution in [0.15, 0.2) is 66.9 Å². The molecule has 0 bridgehead atoms. The highest BCUT2D eigenvalue weighted by Gasteiger charge is 2.18. The summed E-state index contributed by atoms with van der Waals surface area (Å²) in [6.07, 6.45) is 1.87. The third-order valence-corrected chi connectivity index (χ3v) is 5.28. The second kappa shape index (κ2) is 8.22. The smallest absolute Gasteiger partial charge is 0.339 e. The van der Waals surface area contributed by atoms with Crippen LogP contribution < -0.4 is 5.32 Å². The van der Waals surface area contributed by atoms with Crippen molar-refractivity contribution < 1.29 is 14.3 Å². The van der Waals surface area contributed by atoms with Crippen molar-refractivity contribution in [1.29, 1.82) is 0 Å². The third-order valence-electron chi connectivity index (χ3n) is 4.74. The highest BCUT2D eigenvalue weighted by atomic mass is 35.5. The summed E-state index contributed by atoms with van der Waals surface area (Å²) < 4.78 is 4.91. The number of rotatable bonds is 4. The molecule has 1 amide bonds. The Morgan fingerprint density at radius 3 is 2.43 bits per heavy atom. The van der Waals surface area contributed by atoms with Gasteiger partial charge in [-0.15, -0.1) is 0 Å². The van der Waals surface area contributed by atoms with E-state index in [1.54, 1.807) is 18.2 Å². The van der Waals surface area contributed by atoms with Crippen molar-refractivity contribution in [3.05, 3.63) is 88.0 Å². The van der Waals surface area contributed by atoms with Crippen LogP contribution in [0.25, 0.3) is 22.0 Å². The van der Waals surface area contributed by atoms with E-state index in [4.69, 9.17) is 27.9 Å². The number of fused-ring (bicyclic) bond motifs is 1. The molecule has 0 atom stereocenters. The van der Waals surface area contributed by atoms with Gasteiger partial charge in [-0.3, -0.25) is 4.79 Å². The average Bonchev–Trinajstić information content (AvgIpc) is 3.21. The molecule has 0 fully saturated rings. The maximum Gasteiger partial charge on any atom is 0.339 e. The van der Waals surface area contributed by atoms with Gasteiger partial charge in [0.25, 0.3) is 5.91 Å². The SMILES string of the molecule is COC(=O)c1cc(-c2ccc3[nH]ccc3c2)ccc1NC(=O)c1ccc(Cl)cc1Cl. The Kier molecular flexibility index (Phi) is 5.48. The highest BCUT2D eigenvalue weighted by molar-refractivity contribution is 6.37. The van der Waals surface area contributed by atoms with Gasteiger partial charge in [-0.25, -0.2) is 4.79 Å². The van der Waals surface area contributed by atoms with E-state index in [1.807, 2.05) is 36.5 Å². The van der Waals surface area contributed by atoms with Gasteiger partial charge in [-0.2, -0.15) is 0 Å². The molecular formula is C23H16Cl2N2O3. The summed E-state index contributed by atoms with van der Waals surface area (Å²) in [7, 11) is 1.29. The van der Waals surface area contributed by atoms with Crippen LogP contribution in [0.5, 0.6) is 0 Å². The van der Waals surface area contributed by atoms with Crippen molar-refractivity contribution in [3.63, 3.8) is 0 Å². The lowest BCUT2D eigenvalue weighted by Gasteiger charge is -2.13. The number of anilines is 1. The van der Waals surface area contributed by atoms with E-state index >= 15 is 0 Å². The maximum absolute atomic E-state index is 12.7. The zero-order valence-corrected chi connectivity index (χ0v) is 17.3. The Hall–Kier alpha value is -3.28. The standard InChI is InChI=1S/C23H16Cl2N2O3/c1-30-23(29)18-11-14(13-2-6-20-15(10-13)8-9-26-20)3-7-21(18)27-22(28)17-5-4-16(24)12-19(17)25/h2-12,26H,1H3,(H,27,28). The molecule has 5 nitrogen and oxygen atoms in total. The van der Waals surface area contributed by atoms with E-state index in [0.29, 0.717) is 10.7 Å². The number of nitrogens with one attached hydrogen (secondary N) is 2. The van der Waals surface area contributed by atoms with Crippen LogP contribution in [0, 0.1) is 0 Å². The normalized spacial score (nSPS) is 10.8. The molecule has 4 aromatic rings. The lowest BCUT2D eigenvalue weighted by molar-refractivity contribution is 0.0602. The molecule has 0 aliphatic carbocycles. The van der Waals surface area contributed by atoms with Gasteiger partial charge in [0.15, 0.2) is 0 Å². The van der Waals surface area contributed by atoms with E-state index in [-0.39, 0.29) is 16.1 Å². The van der Waals surface area contributed by atoms with Crippen LogP contribution in [-0.4, -0.2) is 24.0 Å². The van der Waals surface area contributed by atoms with Crippen molar-refractivity contribution in [2.24, 2.45) is 0 Å². The summed E-state index contributed by atoms with van der Waals surface area (Å²) in [5.41, 5.74) is 3.59. The van der Waals surface area contributed by atoms with Gasteiger partial charge in [-0.05, 0) is 65.0 Å². The number of amides is 1. The Bertz CT molecular complexity index is 1280. The largest absolute Gasteiger partial charge is 0.465 e. The highest BCUT2D eigenvalue weighted by Crippen LogP contribution is 2.29. The van der Waals surface area contributed by atoms with E-state index in [1.165, 1.54) is 19.2 Å². The molecule has 0 spiro atoms. The molecule has 0 saturated carbocycles. The molecular weight excluding hydrogens is 423 g/mol. The number of hydrogen-bond donors (Lipinski definition) is 2. The predicted molar refractivity (Wildman–Crippen MR) is 119 cm³/mol. The summed E-state index contributed by atoms with van der Waals surface area (Å²) in [5.74, 6) is -1.01. The zero-order valence-electron chi connectivity index (χ0n) is 15.8. The average molecular weight is 439 g/mol. The van der Waals surface area contributed by atoms with E-state index in [2.05, 4.69) is 10.3 Å². The molecule has 4 rings (SSSR count). The molecule has 3 aromatic carbocycles. The molecule has 2 N–H and O–H groups in total. The molecule has 7 heteroatoms. The van der Waals surface area contributed by atoms with Gasteiger partial charge in [-0.1, -0.05) is 35.3 Å². The number of carbonyl (C=O) groups is 2. The van der Waals surface area contributed by atoms with Crippen molar-refractivity contribution in [1.82, 2.24) is 4.98 Å². The Labute approximate surface area is 182 Å². The van der Waals surface area contributed by atoms with Gasteiger partial charge in [0, 0.05) is 16.7 Å². The number of halogens is 2. The number of aromatic nitrogens is 1. The maximum atomic E-state index is 12.7. The first kappa shape index (κ1) is 20.0. The first-order valence-corrected chi connectivity index (χ1v) is 9.78. The number of benzene rings is 3. The Morgan fingerprint density at radius 1 is 0.900 bits per heavy atom. The number of methoxy groups -OCH3 is 1. The summed E-state index contributed by atoms with van der Waals surface area (Å²) in [6.45, 7) is 0. The van der Waals surface area contributed by atoms with E-state index in [0.717, 1.165) is 22.0 Å². The van der Waals surface area contributed by atoms with E-state index < -0.39 is 11.9 Å². The van der Waals surface area contributed by atoms with Gasteiger partial charge in [0.1, 0.15) is 0 Å². The summed E-state index contributed by atoms with van der Waals surface area (Å²) >= 11 is 12.0. The number of H-pyrrole nitrogens is 1. The van der Waals surface area contributed by atoms with Crippen LogP contribution in [0.2, 0.25) is 10.0 Å². The number of aromatic amines is 1. The molecule has 150 valence electrons.